The lowest BCUT2D eigenvalue weighted by Gasteiger charge is -2.10. The van der Waals surface area contributed by atoms with Crippen molar-refractivity contribution < 1.29 is 14.3 Å². The van der Waals surface area contributed by atoms with Crippen LogP contribution >= 0.6 is 0 Å². The normalized spacial score (nSPS) is 10.4. The number of nitrogen functional groups attached to an aromatic ring is 1. The third kappa shape index (κ3) is 5.36. The highest BCUT2D eigenvalue weighted by Crippen LogP contribution is 2.22. The van der Waals surface area contributed by atoms with E-state index >= 15 is 0 Å². The number of nitrogens with two attached hydrogens (primary N) is 1. The fourth-order valence-corrected chi connectivity index (χ4v) is 3.27. The molecule has 4 rings (SSSR count). The fourth-order valence-electron chi connectivity index (χ4n) is 3.27. The quantitative estimate of drug-likeness (QED) is 0.392. The van der Waals surface area contributed by atoms with Crippen LogP contribution in [0, 0.1) is 0 Å². The number of para-hydroxylation sites is 1. The lowest BCUT2D eigenvalue weighted by molar-refractivity contribution is 0.0945. The molecule has 0 radical (unpaired) electrons. The van der Waals surface area contributed by atoms with Crippen LogP contribution < -0.4 is 21.1 Å². The van der Waals surface area contributed by atoms with Gasteiger partial charge in [0, 0.05) is 24.7 Å². The molecule has 0 aliphatic carbocycles. The van der Waals surface area contributed by atoms with Gasteiger partial charge in [0.15, 0.2) is 11.5 Å². The van der Waals surface area contributed by atoms with E-state index in [2.05, 4.69) is 20.6 Å². The number of carbonyl (C=O) groups is 2. The molecule has 3 aromatic carbocycles. The molecule has 0 fully saturated rings. The fraction of sp³-hybridized carbons (Fsp3) is 0.0769. The third-order valence-electron chi connectivity index (χ3n) is 4.99. The molecule has 0 bridgehead atoms. The number of aromatic nitrogens is 2. The van der Waals surface area contributed by atoms with Crippen LogP contribution in [0.5, 0.6) is 11.5 Å². The van der Waals surface area contributed by atoms with Gasteiger partial charge >= 0.3 is 0 Å². The van der Waals surface area contributed by atoms with E-state index < -0.39 is 5.91 Å². The van der Waals surface area contributed by atoms with Gasteiger partial charge in [0.05, 0.1) is 11.9 Å². The Morgan fingerprint density at radius 2 is 1.68 bits per heavy atom. The minimum absolute atomic E-state index is 0.0347. The number of hydrogen-bond donors (Lipinski definition) is 3. The van der Waals surface area contributed by atoms with Crippen molar-refractivity contribution in [2.75, 3.05) is 12.8 Å². The van der Waals surface area contributed by atoms with Crippen LogP contribution in [0.15, 0.2) is 85.1 Å². The predicted octanol–water partition coefficient (Wildman–Crippen LogP) is 3.81. The van der Waals surface area contributed by atoms with Gasteiger partial charge < -0.3 is 21.1 Å². The van der Waals surface area contributed by atoms with Crippen molar-refractivity contribution in [3.05, 3.63) is 102 Å². The molecule has 1 heterocycles. The van der Waals surface area contributed by atoms with Crippen LogP contribution in [-0.4, -0.2) is 28.8 Å². The number of rotatable bonds is 7. The lowest BCUT2D eigenvalue weighted by atomic mass is 10.1. The van der Waals surface area contributed by atoms with E-state index in [4.69, 9.17) is 10.5 Å². The van der Waals surface area contributed by atoms with Crippen molar-refractivity contribution in [3.63, 3.8) is 0 Å². The van der Waals surface area contributed by atoms with E-state index in [1.807, 2.05) is 54.6 Å². The summed E-state index contributed by atoms with van der Waals surface area (Å²) in [4.78, 5) is 33.1. The Bertz CT molecular complexity index is 1330. The first-order chi connectivity index (χ1) is 16.5. The molecule has 0 spiro atoms. The Morgan fingerprint density at radius 3 is 2.47 bits per heavy atom. The van der Waals surface area contributed by atoms with Crippen LogP contribution in [-0.2, 0) is 6.54 Å². The number of amides is 2. The highest BCUT2D eigenvalue weighted by molar-refractivity contribution is 5.97. The molecule has 2 amide bonds. The molecule has 8 nitrogen and oxygen atoms in total. The zero-order valence-electron chi connectivity index (χ0n) is 18.5. The minimum atomic E-state index is -0.431. The highest BCUT2D eigenvalue weighted by Gasteiger charge is 2.14. The van der Waals surface area contributed by atoms with Gasteiger partial charge in [0.2, 0.25) is 0 Å². The summed E-state index contributed by atoms with van der Waals surface area (Å²) in [6.07, 6.45) is 1.47. The van der Waals surface area contributed by atoms with Crippen molar-refractivity contribution in [2.24, 2.45) is 0 Å². The van der Waals surface area contributed by atoms with Crippen molar-refractivity contribution >= 4 is 17.6 Å². The molecule has 170 valence electrons. The number of anilines is 1. The SMILES string of the molecule is CNC(=O)c1nc(-c2cccc(C(=O)NCc3cccc(Oc4ccccc4)c3)c2)cnc1N. The Balaban J connectivity index is 1.45. The molecule has 8 heteroatoms. The monoisotopic (exact) mass is 453 g/mol. The van der Waals surface area contributed by atoms with E-state index in [-0.39, 0.29) is 17.4 Å². The second kappa shape index (κ2) is 10.3. The maximum absolute atomic E-state index is 12.8. The summed E-state index contributed by atoms with van der Waals surface area (Å²) in [5, 5.41) is 5.40. The molecule has 34 heavy (non-hydrogen) atoms. The maximum atomic E-state index is 12.8. The molecular weight excluding hydrogens is 430 g/mol. The van der Waals surface area contributed by atoms with Gasteiger partial charge in [-0.05, 0) is 42.0 Å². The lowest BCUT2D eigenvalue weighted by Crippen LogP contribution is -2.23. The summed E-state index contributed by atoms with van der Waals surface area (Å²) in [6.45, 7) is 0.331. The predicted molar refractivity (Wildman–Crippen MR) is 129 cm³/mol. The third-order valence-corrected chi connectivity index (χ3v) is 4.99. The summed E-state index contributed by atoms with van der Waals surface area (Å²) in [5.74, 6) is 0.792. The summed E-state index contributed by atoms with van der Waals surface area (Å²) < 4.78 is 5.86. The van der Waals surface area contributed by atoms with Gasteiger partial charge in [-0.3, -0.25) is 9.59 Å². The number of benzene rings is 3. The molecule has 0 saturated carbocycles. The molecule has 4 aromatic rings. The van der Waals surface area contributed by atoms with Gasteiger partial charge in [0.25, 0.3) is 11.8 Å². The first kappa shape index (κ1) is 22.5. The number of nitrogens with one attached hydrogen (secondary N) is 2. The first-order valence-electron chi connectivity index (χ1n) is 10.6. The summed E-state index contributed by atoms with van der Waals surface area (Å²) in [7, 11) is 1.49. The van der Waals surface area contributed by atoms with E-state index in [0.717, 1.165) is 11.3 Å². The average molecular weight is 454 g/mol. The smallest absolute Gasteiger partial charge is 0.273 e. The van der Waals surface area contributed by atoms with Crippen molar-refractivity contribution in [2.45, 2.75) is 6.54 Å². The summed E-state index contributed by atoms with van der Waals surface area (Å²) >= 11 is 0. The molecule has 0 aliphatic rings. The zero-order chi connectivity index (χ0) is 23.9. The molecule has 1 aromatic heterocycles. The van der Waals surface area contributed by atoms with Gasteiger partial charge in [-0.1, -0.05) is 42.5 Å². The van der Waals surface area contributed by atoms with Gasteiger partial charge in [-0.2, -0.15) is 0 Å². The van der Waals surface area contributed by atoms with E-state index in [1.165, 1.54) is 13.2 Å². The zero-order valence-corrected chi connectivity index (χ0v) is 18.5. The standard InChI is InChI=1S/C26H23N5O3/c1-28-26(33)23-24(27)29-16-22(31-23)18-8-6-9-19(14-18)25(32)30-15-17-7-5-12-21(13-17)34-20-10-3-2-4-11-20/h2-14,16H,15H2,1H3,(H2,27,29)(H,28,33)(H,30,32). The Morgan fingerprint density at radius 1 is 0.912 bits per heavy atom. The minimum Gasteiger partial charge on any atom is -0.457 e. The molecule has 0 unspecified atom stereocenters. The van der Waals surface area contributed by atoms with Crippen molar-refractivity contribution in [1.29, 1.82) is 0 Å². The molecular formula is C26H23N5O3. The van der Waals surface area contributed by atoms with Crippen LogP contribution in [0.3, 0.4) is 0 Å². The topological polar surface area (TPSA) is 119 Å². The summed E-state index contributed by atoms with van der Waals surface area (Å²) in [6, 6.07) is 24.0. The molecule has 0 saturated heterocycles. The Labute approximate surface area is 196 Å². The Hall–Kier alpha value is -4.72. The second-order valence-corrected chi connectivity index (χ2v) is 7.39. The van der Waals surface area contributed by atoms with Crippen LogP contribution in [0.2, 0.25) is 0 Å². The van der Waals surface area contributed by atoms with Crippen molar-refractivity contribution in [3.8, 4) is 22.8 Å². The van der Waals surface area contributed by atoms with Crippen LogP contribution in [0.4, 0.5) is 5.82 Å². The van der Waals surface area contributed by atoms with Crippen LogP contribution in [0.25, 0.3) is 11.3 Å². The largest absolute Gasteiger partial charge is 0.457 e. The molecule has 4 N–H and O–H groups in total. The maximum Gasteiger partial charge on any atom is 0.273 e. The molecule has 0 atom stereocenters. The van der Waals surface area contributed by atoms with Gasteiger partial charge in [-0.25, -0.2) is 9.97 Å². The second-order valence-electron chi connectivity index (χ2n) is 7.39. The number of nitrogens with zero attached hydrogens (tertiary/aromatic N) is 2. The average Bonchev–Trinajstić information content (AvgIpc) is 2.88. The van der Waals surface area contributed by atoms with Gasteiger partial charge in [-0.15, -0.1) is 0 Å². The molecule has 0 aliphatic heterocycles. The van der Waals surface area contributed by atoms with Crippen LogP contribution in [0.1, 0.15) is 26.4 Å². The van der Waals surface area contributed by atoms with E-state index in [9.17, 15) is 9.59 Å². The Kier molecular flexibility index (Phi) is 6.78. The highest BCUT2D eigenvalue weighted by atomic mass is 16.5. The number of hydrogen-bond acceptors (Lipinski definition) is 6. The van der Waals surface area contributed by atoms with Gasteiger partial charge in [0.1, 0.15) is 11.5 Å². The number of ether oxygens (including phenoxy) is 1. The van der Waals surface area contributed by atoms with E-state index in [0.29, 0.717) is 29.1 Å². The van der Waals surface area contributed by atoms with E-state index in [1.54, 1.807) is 24.3 Å². The van der Waals surface area contributed by atoms with Crippen molar-refractivity contribution in [1.82, 2.24) is 20.6 Å². The summed E-state index contributed by atoms with van der Waals surface area (Å²) in [5.41, 5.74) is 8.23. The first-order valence-corrected chi connectivity index (χ1v) is 10.6. The number of carbonyl (C=O) groups excluding carboxylic acids is 2.